The van der Waals surface area contributed by atoms with Gasteiger partial charge in [0.25, 0.3) is 0 Å². The Morgan fingerprint density at radius 2 is 1.88 bits per heavy atom. The summed E-state index contributed by atoms with van der Waals surface area (Å²) in [5, 5.41) is 11.9. The molecule has 0 saturated carbocycles. The van der Waals surface area contributed by atoms with Gasteiger partial charge >= 0.3 is 6.18 Å². The second kappa shape index (κ2) is 9.69. The molecule has 0 atom stereocenters. The summed E-state index contributed by atoms with van der Waals surface area (Å²) in [5.74, 6) is -0.648. The predicted octanol–water partition coefficient (Wildman–Crippen LogP) is 3.89. The molecule has 0 radical (unpaired) electrons. The zero-order valence-corrected chi connectivity index (χ0v) is 17.1. The maximum Gasteiger partial charge on any atom is 0.416 e. The Hall–Kier alpha value is -3.59. The average molecular weight is 446 g/mol. The van der Waals surface area contributed by atoms with Crippen molar-refractivity contribution in [1.82, 2.24) is 4.57 Å². The van der Waals surface area contributed by atoms with Crippen LogP contribution in [0.3, 0.4) is 0 Å². The number of benzene rings is 2. The highest BCUT2D eigenvalue weighted by atomic mass is 19.4. The summed E-state index contributed by atoms with van der Waals surface area (Å²) < 4.78 is 45.5. The number of pyridine rings is 1. The lowest BCUT2D eigenvalue weighted by molar-refractivity contribution is -0.137. The second-order valence-electron chi connectivity index (χ2n) is 7.12. The zero-order valence-electron chi connectivity index (χ0n) is 17.1. The summed E-state index contributed by atoms with van der Waals surface area (Å²) in [7, 11) is 0. The van der Waals surface area contributed by atoms with E-state index in [2.05, 4.69) is 5.32 Å². The number of aliphatic hydroxyl groups excluding tert-OH is 1. The van der Waals surface area contributed by atoms with E-state index in [1.165, 1.54) is 22.9 Å². The smallest absolute Gasteiger partial charge is 0.416 e. The Labute approximate surface area is 181 Å². The Morgan fingerprint density at radius 1 is 1.12 bits per heavy atom. The Kier molecular flexibility index (Phi) is 6.99. The first-order chi connectivity index (χ1) is 15.2. The van der Waals surface area contributed by atoms with Gasteiger partial charge in [-0.1, -0.05) is 30.3 Å². The number of alkyl halides is 3. The fourth-order valence-corrected chi connectivity index (χ4v) is 3.04. The van der Waals surface area contributed by atoms with Gasteiger partial charge in [0, 0.05) is 17.4 Å². The number of aliphatic hydroxyl groups is 1. The quantitative estimate of drug-likeness (QED) is 0.577. The highest BCUT2D eigenvalue weighted by Crippen LogP contribution is 2.30. The summed E-state index contributed by atoms with van der Waals surface area (Å²) in [6.07, 6.45) is -3.23. The van der Waals surface area contributed by atoms with Crippen molar-refractivity contribution < 1.29 is 27.8 Å². The van der Waals surface area contributed by atoms with E-state index in [1.807, 2.05) is 31.2 Å². The van der Waals surface area contributed by atoms with E-state index >= 15 is 0 Å². The van der Waals surface area contributed by atoms with Crippen LogP contribution in [0.25, 0.3) is 0 Å². The van der Waals surface area contributed by atoms with Gasteiger partial charge in [0.05, 0.1) is 18.4 Å². The summed E-state index contributed by atoms with van der Waals surface area (Å²) in [6, 6.07) is 12.9. The number of hydrogen-bond donors (Lipinski definition) is 2. The molecule has 9 heteroatoms. The van der Waals surface area contributed by atoms with Gasteiger partial charge in [-0.25, -0.2) is 0 Å². The van der Waals surface area contributed by atoms with E-state index in [0.717, 1.165) is 29.3 Å². The van der Waals surface area contributed by atoms with Crippen LogP contribution in [0.15, 0.2) is 65.6 Å². The van der Waals surface area contributed by atoms with Crippen LogP contribution in [0.4, 0.5) is 18.9 Å². The topological polar surface area (TPSA) is 80.6 Å². The molecular formula is C23H21F3N2O4. The first kappa shape index (κ1) is 23.1. The maximum absolute atomic E-state index is 12.9. The van der Waals surface area contributed by atoms with E-state index in [0.29, 0.717) is 0 Å². The lowest BCUT2D eigenvalue weighted by atomic mass is 10.1. The van der Waals surface area contributed by atoms with Crippen LogP contribution in [-0.2, 0) is 30.7 Å². The molecule has 0 unspecified atom stereocenters. The standard InChI is InChI=1S/C23H21F3N2O4/c1-15-5-2-3-6-16(15)14-32-21-11-28(19(13-29)10-20(21)30)12-22(31)27-18-8-4-7-17(9-18)23(24,25)26/h2-11,29H,12-14H2,1H3,(H,27,31). The van der Waals surface area contributed by atoms with E-state index in [-0.39, 0.29) is 30.3 Å². The first-order valence-corrected chi connectivity index (χ1v) is 9.66. The molecule has 1 aromatic heterocycles. The Morgan fingerprint density at radius 3 is 2.56 bits per heavy atom. The van der Waals surface area contributed by atoms with E-state index in [9.17, 15) is 27.9 Å². The zero-order chi connectivity index (χ0) is 23.3. The normalized spacial score (nSPS) is 11.3. The largest absolute Gasteiger partial charge is 0.483 e. The molecular weight excluding hydrogens is 425 g/mol. The van der Waals surface area contributed by atoms with Crippen molar-refractivity contribution >= 4 is 11.6 Å². The minimum Gasteiger partial charge on any atom is -0.483 e. The van der Waals surface area contributed by atoms with Crippen LogP contribution in [-0.4, -0.2) is 15.6 Å². The molecule has 2 N–H and O–H groups in total. The van der Waals surface area contributed by atoms with Crippen molar-refractivity contribution in [2.24, 2.45) is 0 Å². The van der Waals surface area contributed by atoms with Gasteiger partial charge in [0.2, 0.25) is 11.3 Å². The highest BCUT2D eigenvalue weighted by Gasteiger charge is 2.30. The Bertz CT molecular complexity index is 1170. The van der Waals surface area contributed by atoms with Gasteiger partial charge in [-0.05, 0) is 36.2 Å². The molecule has 0 bridgehead atoms. The van der Waals surface area contributed by atoms with Gasteiger partial charge in [0.15, 0.2) is 5.75 Å². The van der Waals surface area contributed by atoms with Crippen molar-refractivity contribution in [3.8, 4) is 5.75 Å². The number of carbonyl (C=O) groups is 1. The van der Waals surface area contributed by atoms with Gasteiger partial charge in [-0.2, -0.15) is 13.2 Å². The molecule has 2 aromatic carbocycles. The summed E-state index contributed by atoms with van der Waals surface area (Å²) in [4.78, 5) is 24.7. The van der Waals surface area contributed by atoms with Crippen molar-refractivity contribution in [3.05, 3.63) is 93.4 Å². The molecule has 6 nitrogen and oxygen atoms in total. The number of ether oxygens (including phenoxy) is 1. The second-order valence-corrected chi connectivity index (χ2v) is 7.12. The number of carbonyl (C=O) groups excluding carboxylic acids is 1. The number of hydrogen-bond acceptors (Lipinski definition) is 4. The molecule has 32 heavy (non-hydrogen) atoms. The van der Waals surface area contributed by atoms with Gasteiger partial charge in [-0.15, -0.1) is 0 Å². The number of amides is 1. The van der Waals surface area contributed by atoms with Crippen molar-refractivity contribution in [2.75, 3.05) is 5.32 Å². The van der Waals surface area contributed by atoms with Crippen molar-refractivity contribution in [3.63, 3.8) is 0 Å². The molecule has 168 valence electrons. The molecule has 0 aliphatic heterocycles. The summed E-state index contributed by atoms with van der Waals surface area (Å²) in [5.41, 5.74) is 0.663. The molecule has 0 saturated heterocycles. The van der Waals surface area contributed by atoms with E-state index < -0.39 is 29.7 Å². The number of aryl methyl sites for hydroxylation is 1. The van der Waals surface area contributed by atoms with Gasteiger partial charge in [-0.3, -0.25) is 9.59 Å². The average Bonchev–Trinajstić information content (AvgIpc) is 2.74. The third-order valence-electron chi connectivity index (χ3n) is 4.78. The number of aromatic nitrogens is 1. The fraction of sp³-hybridized carbons (Fsp3) is 0.217. The number of nitrogens with zero attached hydrogens (tertiary/aromatic N) is 1. The fourth-order valence-electron chi connectivity index (χ4n) is 3.04. The number of rotatable bonds is 7. The van der Waals surface area contributed by atoms with Crippen molar-refractivity contribution in [2.45, 2.75) is 32.9 Å². The maximum atomic E-state index is 12.9. The lowest BCUT2D eigenvalue weighted by Crippen LogP contribution is -2.23. The number of halogens is 3. The molecule has 0 spiro atoms. The molecule has 0 aliphatic carbocycles. The summed E-state index contributed by atoms with van der Waals surface area (Å²) in [6.45, 7) is 1.19. The van der Waals surface area contributed by atoms with E-state index in [1.54, 1.807) is 0 Å². The number of anilines is 1. The first-order valence-electron chi connectivity index (χ1n) is 9.66. The van der Waals surface area contributed by atoms with Gasteiger partial charge < -0.3 is 19.7 Å². The SMILES string of the molecule is Cc1ccccc1COc1cn(CC(=O)Nc2cccc(C(F)(F)F)c2)c(CO)cc1=O. The molecule has 1 amide bonds. The van der Waals surface area contributed by atoms with Gasteiger partial charge in [0.1, 0.15) is 13.2 Å². The van der Waals surface area contributed by atoms with E-state index in [4.69, 9.17) is 4.74 Å². The molecule has 3 aromatic rings. The Balaban J connectivity index is 1.76. The molecule has 3 rings (SSSR count). The minimum atomic E-state index is -4.53. The van der Waals surface area contributed by atoms with Crippen LogP contribution in [0.1, 0.15) is 22.4 Å². The third-order valence-corrected chi connectivity index (χ3v) is 4.78. The number of nitrogens with one attached hydrogen (secondary N) is 1. The minimum absolute atomic E-state index is 0.0164. The molecule has 0 fully saturated rings. The molecule has 0 aliphatic rings. The van der Waals surface area contributed by atoms with Crippen LogP contribution < -0.4 is 15.5 Å². The van der Waals surface area contributed by atoms with Crippen molar-refractivity contribution in [1.29, 1.82) is 0 Å². The lowest BCUT2D eigenvalue weighted by Gasteiger charge is -2.15. The summed E-state index contributed by atoms with van der Waals surface area (Å²) >= 11 is 0. The molecule has 1 heterocycles. The van der Waals surface area contributed by atoms with Crippen LogP contribution in [0.2, 0.25) is 0 Å². The van der Waals surface area contributed by atoms with Crippen LogP contribution in [0, 0.1) is 6.92 Å². The third kappa shape index (κ3) is 5.76. The van der Waals surface area contributed by atoms with Crippen LogP contribution in [0.5, 0.6) is 5.75 Å². The monoisotopic (exact) mass is 446 g/mol. The predicted molar refractivity (Wildman–Crippen MR) is 112 cm³/mol. The van der Waals surface area contributed by atoms with Crippen LogP contribution >= 0.6 is 0 Å². The highest BCUT2D eigenvalue weighted by molar-refractivity contribution is 5.90.